The van der Waals surface area contributed by atoms with Crippen LogP contribution in [0.2, 0.25) is 10.0 Å². The summed E-state index contributed by atoms with van der Waals surface area (Å²) >= 11 is 11.8. The lowest BCUT2D eigenvalue weighted by Crippen LogP contribution is -2.18. The van der Waals surface area contributed by atoms with E-state index in [1.54, 1.807) is 190 Å². The molecule has 0 saturated carbocycles. The minimum Gasteiger partial charge on any atom is -0.507 e. The molecule has 5 aromatic heterocycles. The number of primary amides is 1. The maximum atomic E-state index is 13.8. The first-order chi connectivity index (χ1) is 63.9. The first-order valence-electron chi connectivity index (χ1n) is 39.8. The highest BCUT2D eigenvalue weighted by Gasteiger charge is 2.39. The summed E-state index contributed by atoms with van der Waals surface area (Å²) in [7, 11) is -2.93. The smallest absolute Gasteiger partial charge is 0.419 e. The highest BCUT2D eigenvalue weighted by molar-refractivity contribution is 7.91. The molecule has 0 aliphatic rings. The molecule has 17 rings (SSSR count). The number of pyridine rings is 1. The fourth-order valence-electron chi connectivity index (χ4n) is 13.7. The van der Waals surface area contributed by atoms with E-state index in [9.17, 15) is 74.9 Å². The fraction of sp³-hybridized carbons (Fsp3) is 0.0816. The number of halogens is 8. The standard InChI is InChI=1S/C27H20N4O3.C24H15F3N4O.C24H19N5O6S.C23H14Cl2F3N3O/c1-16-5-11-21(23(32)14-16)26-30-24(17-6-8-18(9-7-17)27(33)34-2)29-25(31-26)20-10-12-22-19(15-20)4-3-13-28-22;1-14-7-9-18(20(32)11-14)23-30-21(16-5-3-2-4-6-16)29-22(31-23)17-10-8-15(13-28)12-19(17)24(25,26)27;1-13-8-9-15(18(30)12-13)23-26-22(14-6-4-3-5-7-14)27-24(28-23)16-10-11-17(21(25)31)20(36(2,34)35)19(16)29(32)33;1-12-7-8-15(18(32)9-12)22-30-20(13-5-3-2-4-6-13)29-21(31-22)14-10-16(24)19(17(25)11-14)23(26,27)28/h3-15,32H,1-2H3;2-12,32H,1H3;3-12,30H,1-2H3,(H2,25,31);2-11,32H,1H3. The maximum absolute atomic E-state index is 13.8. The molecule has 17 aromatic rings. The predicted octanol–water partition coefficient (Wildman–Crippen LogP) is 21.5. The first kappa shape index (κ1) is 93.4. The van der Waals surface area contributed by atoms with Crippen LogP contribution in [0.5, 0.6) is 23.0 Å². The van der Waals surface area contributed by atoms with E-state index in [0.29, 0.717) is 56.4 Å². The number of methoxy groups -OCH3 is 1. The van der Waals surface area contributed by atoms with Crippen LogP contribution in [0.15, 0.2) is 272 Å². The first-order valence-corrected chi connectivity index (χ1v) is 42.5. The number of carbonyl (C=O) groups excluding carboxylic acids is 2. The number of hydrogen-bond donors (Lipinski definition) is 5. The van der Waals surface area contributed by atoms with Crippen LogP contribution in [0.4, 0.5) is 32.0 Å². The number of sulfone groups is 1. The Labute approximate surface area is 768 Å². The second kappa shape index (κ2) is 39.3. The number of carbonyl (C=O) groups is 2. The lowest BCUT2D eigenvalue weighted by Gasteiger charge is -2.14. The lowest BCUT2D eigenvalue weighted by molar-refractivity contribution is -0.387. The predicted molar refractivity (Wildman–Crippen MR) is 490 cm³/mol. The van der Waals surface area contributed by atoms with Crippen LogP contribution in [0.1, 0.15) is 59.7 Å². The molecule has 0 unspecified atom stereocenters. The third-order valence-corrected chi connectivity index (χ3v) is 21.9. The molecule has 1 amide bonds. The number of hydrogen-bond acceptors (Lipinski definition) is 25. The van der Waals surface area contributed by atoms with Gasteiger partial charge in [-0.2, -0.15) is 31.6 Å². The molecule has 0 aliphatic heterocycles. The van der Waals surface area contributed by atoms with E-state index in [0.717, 1.165) is 75.3 Å². The Morgan fingerprint density at radius 1 is 0.425 bits per heavy atom. The number of nitrogens with zero attached hydrogens (tertiary/aromatic N) is 15. The van der Waals surface area contributed by atoms with Crippen LogP contribution in [-0.2, 0) is 26.9 Å². The largest absolute Gasteiger partial charge is 0.507 e. The van der Waals surface area contributed by atoms with Crippen molar-refractivity contribution in [3.63, 3.8) is 0 Å². The van der Waals surface area contributed by atoms with Crippen LogP contribution in [0, 0.1) is 49.1 Å². The molecule has 0 aliphatic carbocycles. The summed E-state index contributed by atoms with van der Waals surface area (Å²) in [4.78, 5) is 91.8. The lowest BCUT2D eigenvalue weighted by atomic mass is 10.0. The molecule has 27 nitrogen and oxygen atoms in total. The van der Waals surface area contributed by atoms with Crippen molar-refractivity contribution >= 4 is 61.5 Å². The Morgan fingerprint density at radius 2 is 0.776 bits per heavy atom. The quantitative estimate of drug-likeness (QED) is 0.0259. The number of nitro groups is 1. The number of rotatable bonds is 16. The number of aryl methyl sites for hydroxylation is 4. The Hall–Kier alpha value is -16.8. The minimum atomic E-state index is -4.73. The molecule has 0 fully saturated rings. The molecule has 0 bridgehead atoms. The van der Waals surface area contributed by atoms with Gasteiger partial charge in [0.15, 0.2) is 84.6 Å². The average Bonchev–Trinajstić information content (AvgIpc) is 0.759. The van der Waals surface area contributed by atoms with Gasteiger partial charge < -0.3 is 30.9 Å². The average molecular weight is 1860 g/mol. The highest BCUT2D eigenvalue weighted by Crippen LogP contribution is 2.45. The van der Waals surface area contributed by atoms with Gasteiger partial charge in [0, 0.05) is 56.8 Å². The van der Waals surface area contributed by atoms with Gasteiger partial charge in [-0.25, -0.2) is 73.0 Å². The molecule has 0 radical (unpaired) electrons. The molecule has 0 spiro atoms. The molecular formula is C98H68Cl2F6N16O11S. The van der Waals surface area contributed by atoms with Gasteiger partial charge in [0.1, 0.15) is 23.0 Å². The molecule has 5 heterocycles. The van der Waals surface area contributed by atoms with Crippen molar-refractivity contribution in [2.75, 3.05) is 13.4 Å². The zero-order valence-corrected chi connectivity index (χ0v) is 73.1. The molecule has 12 aromatic carbocycles. The molecular weight excluding hydrogens is 1790 g/mol. The number of ether oxygens (including phenoxy) is 1. The zero-order valence-electron chi connectivity index (χ0n) is 70.8. The number of benzene rings is 12. The molecule has 0 atom stereocenters. The Balaban J connectivity index is 0.000000143. The van der Waals surface area contributed by atoms with Crippen molar-refractivity contribution in [1.82, 2.24) is 64.8 Å². The number of aromatic hydroxyl groups is 4. The number of aromatic nitrogens is 13. The van der Waals surface area contributed by atoms with Gasteiger partial charge in [0.05, 0.1) is 89.3 Å². The van der Waals surface area contributed by atoms with Gasteiger partial charge in [-0.15, -0.1) is 0 Å². The second-order valence-electron chi connectivity index (χ2n) is 29.8. The van der Waals surface area contributed by atoms with Gasteiger partial charge in [0.2, 0.25) is 5.91 Å². The van der Waals surface area contributed by atoms with Crippen LogP contribution in [0.25, 0.3) is 148 Å². The number of phenolic OH excluding ortho intramolecular Hbond substituents is 4. The Bertz CT molecular complexity index is 7610. The van der Waals surface area contributed by atoms with Crippen LogP contribution >= 0.6 is 23.2 Å². The number of amides is 1. The van der Waals surface area contributed by atoms with Crippen LogP contribution in [0.3, 0.4) is 0 Å². The summed E-state index contributed by atoms with van der Waals surface area (Å²) in [6, 6.07) is 72.4. The summed E-state index contributed by atoms with van der Waals surface area (Å²) in [6.07, 6.45) is -6.95. The number of alkyl halides is 6. The van der Waals surface area contributed by atoms with Crippen molar-refractivity contribution in [2.45, 2.75) is 44.9 Å². The molecule has 36 heteroatoms. The van der Waals surface area contributed by atoms with Crippen molar-refractivity contribution in [1.29, 1.82) is 5.26 Å². The van der Waals surface area contributed by atoms with Gasteiger partial charge >= 0.3 is 18.3 Å². The molecule has 0 saturated heterocycles. The molecule has 668 valence electrons. The number of phenols is 4. The van der Waals surface area contributed by atoms with E-state index in [2.05, 4.69) is 59.8 Å². The van der Waals surface area contributed by atoms with E-state index in [-0.39, 0.29) is 109 Å². The Kier molecular flexibility index (Phi) is 27.4. The highest BCUT2D eigenvalue weighted by atomic mass is 35.5. The SMILES string of the molecule is COC(=O)c1ccc(-c2nc(-c3ccc4ncccc4c3)nc(-c3ccc(C)cc3O)n2)cc1.Cc1ccc(-c2nc(-c3ccccc3)nc(-c3cc(Cl)c(C(F)(F)F)c(Cl)c3)n2)c(O)c1.Cc1ccc(-c2nc(-c3ccccc3)nc(-c3ccc(C#N)cc3C(F)(F)F)n2)c(O)c1.Cc1ccc(-c2nc(-c3ccccc3)nc(-c3ccc(C(N)=O)c(S(C)(=O)=O)c3[N+](=O)[O-])n2)c(O)c1. The minimum absolute atomic E-state index is 0.00512. The fourth-order valence-corrected chi connectivity index (χ4v) is 15.5. The van der Waals surface area contributed by atoms with Crippen molar-refractivity contribution in [3.05, 3.63) is 337 Å². The van der Waals surface area contributed by atoms with E-state index >= 15 is 0 Å². The van der Waals surface area contributed by atoms with E-state index in [1.807, 2.05) is 56.3 Å². The topological polar surface area (TPSA) is 419 Å². The van der Waals surface area contributed by atoms with E-state index in [1.165, 1.54) is 31.4 Å². The third kappa shape index (κ3) is 21.4. The maximum Gasteiger partial charge on any atom is 0.419 e. The normalized spacial score (nSPS) is 11.2. The second-order valence-corrected chi connectivity index (χ2v) is 32.6. The summed E-state index contributed by atoms with van der Waals surface area (Å²) in [5.41, 5.74) is 10.5. The van der Waals surface area contributed by atoms with E-state index in [4.69, 9.17) is 43.9 Å². The van der Waals surface area contributed by atoms with Gasteiger partial charge in [-0.05, 0) is 177 Å². The summed E-state index contributed by atoms with van der Waals surface area (Å²) in [6.45, 7) is 7.31. The third-order valence-electron chi connectivity index (χ3n) is 20.1. The van der Waals surface area contributed by atoms with Gasteiger partial charge in [0.25, 0.3) is 5.69 Å². The van der Waals surface area contributed by atoms with Crippen molar-refractivity contribution in [3.8, 4) is 166 Å². The molecule has 6 N–H and O–H groups in total. The number of nitrogens with two attached hydrogens (primary N) is 1. The van der Waals surface area contributed by atoms with Crippen molar-refractivity contribution < 1.29 is 74.4 Å². The number of nitriles is 1. The number of nitro benzene ring substituents is 1. The summed E-state index contributed by atoms with van der Waals surface area (Å²) in [5, 5.41) is 62.9. The zero-order chi connectivity index (χ0) is 95.8. The summed E-state index contributed by atoms with van der Waals surface area (Å²) < 4.78 is 111. The number of fused-ring (bicyclic) bond motifs is 1. The van der Waals surface area contributed by atoms with Crippen molar-refractivity contribution in [2.24, 2.45) is 5.73 Å². The van der Waals surface area contributed by atoms with Gasteiger partial charge in [-0.3, -0.25) is 19.9 Å². The summed E-state index contributed by atoms with van der Waals surface area (Å²) in [5.74, 6) is -0.142. The monoisotopic (exact) mass is 1860 g/mol. The molecule has 134 heavy (non-hydrogen) atoms. The number of esters is 1. The van der Waals surface area contributed by atoms with Crippen LogP contribution in [-0.4, -0.2) is 124 Å². The van der Waals surface area contributed by atoms with Gasteiger partial charge in [-0.1, -0.05) is 157 Å². The Morgan fingerprint density at radius 3 is 1.14 bits per heavy atom. The van der Waals surface area contributed by atoms with E-state index < -0.39 is 76.3 Å². The van der Waals surface area contributed by atoms with Crippen LogP contribution < -0.4 is 5.73 Å².